The number of pyridine rings is 1. The third-order valence-corrected chi connectivity index (χ3v) is 8.19. The first kappa shape index (κ1) is 24.7. The highest BCUT2D eigenvalue weighted by Crippen LogP contribution is 2.38. The van der Waals surface area contributed by atoms with Crippen LogP contribution in [0.1, 0.15) is 23.1 Å². The minimum Gasteiger partial charge on any atom is -0.247 e. The summed E-state index contributed by atoms with van der Waals surface area (Å²) in [5.41, 5.74) is 11.1. The largest absolute Gasteiger partial charge is 0.247 e. The van der Waals surface area contributed by atoms with Crippen LogP contribution in [0.2, 0.25) is 0 Å². The van der Waals surface area contributed by atoms with Crippen LogP contribution in [0.4, 0.5) is 0 Å². The van der Waals surface area contributed by atoms with Crippen LogP contribution in [0.5, 0.6) is 0 Å². The van der Waals surface area contributed by atoms with E-state index in [1.54, 1.807) is 17.4 Å². The number of para-hydroxylation sites is 1. The fourth-order valence-electron chi connectivity index (χ4n) is 5.18. The summed E-state index contributed by atoms with van der Waals surface area (Å²) in [6.45, 7) is 11.9. The lowest BCUT2D eigenvalue weighted by Gasteiger charge is -2.15. The predicted molar refractivity (Wildman–Crippen MR) is 171 cm³/mol. The van der Waals surface area contributed by atoms with Crippen molar-refractivity contribution in [3.63, 3.8) is 0 Å². The van der Waals surface area contributed by atoms with E-state index >= 15 is 0 Å². The molecule has 188 valence electrons. The van der Waals surface area contributed by atoms with E-state index in [0.29, 0.717) is 0 Å². The number of hydrogen-bond acceptors (Lipinski definition) is 3. The first-order chi connectivity index (χ1) is 19.1. The second kappa shape index (κ2) is 10.3. The zero-order valence-electron chi connectivity index (χ0n) is 22.1. The number of aromatic nitrogens is 2. The second-order valence-corrected chi connectivity index (χ2v) is 10.6. The van der Waals surface area contributed by atoms with Gasteiger partial charge in [-0.25, -0.2) is 9.97 Å². The summed E-state index contributed by atoms with van der Waals surface area (Å²) in [4.78, 5) is 9.97. The van der Waals surface area contributed by atoms with Crippen molar-refractivity contribution in [2.45, 2.75) is 13.8 Å². The molecule has 2 heterocycles. The molecular weight excluding hydrogens is 492 g/mol. The Balaban J connectivity index is 1.47. The predicted octanol–water partition coefficient (Wildman–Crippen LogP) is 10.4. The summed E-state index contributed by atoms with van der Waals surface area (Å²) in [5, 5.41) is 3.29. The number of hydrogen-bond donors (Lipinski definition) is 0. The van der Waals surface area contributed by atoms with Crippen LogP contribution in [-0.2, 0) is 0 Å². The molecule has 0 aliphatic carbocycles. The Labute approximate surface area is 233 Å². The van der Waals surface area contributed by atoms with Crippen LogP contribution >= 0.6 is 11.3 Å². The summed E-state index contributed by atoms with van der Waals surface area (Å²) in [7, 11) is 0. The van der Waals surface area contributed by atoms with Crippen molar-refractivity contribution in [3.05, 3.63) is 132 Å². The average Bonchev–Trinajstić information content (AvgIpc) is 3.40. The maximum Gasteiger partial charge on any atom is 0.124 e. The van der Waals surface area contributed by atoms with Gasteiger partial charge in [-0.05, 0) is 54.3 Å². The molecule has 39 heavy (non-hydrogen) atoms. The molecule has 0 saturated carbocycles. The van der Waals surface area contributed by atoms with Gasteiger partial charge < -0.3 is 0 Å². The highest BCUT2D eigenvalue weighted by atomic mass is 32.1. The van der Waals surface area contributed by atoms with E-state index in [4.69, 9.17) is 9.97 Å². The Morgan fingerprint density at radius 1 is 0.795 bits per heavy atom. The molecule has 6 rings (SSSR count). The van der Waals surface area contributed by atoms with E-state index < -0.39 is 0 Å². The molecule has 0 N–H and O–H groups in total. The smallest absolute Gasteiger partial charge is 0.124 e. The topological polar surface area (TPSA) is 25.8 Å². The Kier molecular flexibility index (Phi) is 6.52. The van der Waals surface area contributed by atoms with Crippen molar-refractivity contribution in [3.8, 4) is 22.3 Å². The number of allylic oxidation sites excluding steroid dienone is 5. The van der Waals surface area contributed by atoms with Crippen LogP contribution in [-0.4, -0.2) is 9.97 Å². The van der Waals surface area contributed by atoms with Crippen LogP contribution in [0, 0.1) is 6.92 Å². The monoisotopic (exact) mass is 520 g/mol. The Morgan fingerprint density at radius 3 is 2.33 bits per heavy atom. The van der Waals surface area contributed by atoms with E-state index in [0.717, 1.165) is 48.3 Å². The van der Waals surface area contributed by atoms with Gasteiger partial charge in [0.15, 0.2) is 0 Å². The molecule has 6 aromatic rings. The number of aryl methyl sites for hydroxylation is 1. The third kappa shape index (κ3) is 4.41. The summed E-state index contributed by atoms with van der Waals surface area (Å²) in [6, 6.07) is 28.2. The first-order valence-corrected chi connectivity index (χ1v) is 13.8. The molecule has 0 bridgehead atoms. The van der Waals surface area contributed by atoms with Gasteiger partial charge in [0.05, 0.1) is 21.3 Å². The van der Waals surface area contributed by atoms with Crippen LogP contribution < -0.4 is 0 Å². The molecule has 0 atom stereocenters. The van der Waals surface area contributed by atoms with Crippen molar-refractivity contribution < 1.29 is 0 Å². The highest BCUT2D eigenvalue weighted by Gasteiger charge is 2.15. The molecule has 2 aromatic heterocycles. The standard InChI is InChI=1S/C36H28N2S/c1-5-10-24(7-3)36-38-32-22-27(19-21-33(32)39-36)25-15-17-26(18-16-25)34-29-12-8-9-13-31(29)37-35-28(11-6-2)23(4)14-20-30(34)35/h5-22H,1,3H2,2,4H3/b11-6-,24-10+. The molecule has 0 amide bonds. The van der Waals surface area contributed by atoms with Crippen molar-refractivity contribution in [2.75, 3.05) is 0 Å². The average molecular weight is 521 g/mol. The molecular formula is C36H28N2S. The summed E-state index contributed by atoms with van der Waals surface area (Å²) in [5.74, 6) is 0. The number of nitrogens with zero attached hydrogens (tertiary/aromatic N) is 2. The van der Waals surface area contributed by atoms with Gasteiger partial charge in [0.25, 0.3) is 0 Å². The van der Waals surface area contributed by atoms with Gasteiger partial charge in [0.2, 0.25) is 0 Å². The molecule has 2 nitrogen and oxygen atoms in total. The second-order valence-electron chi connectivity index (χ2n) is 9.54. The molecule has 0 unspecified atom stereocenters. The number of fused-ring (bicyclic) bond motifs is 3. The maximum absolute atomic E-state index is 5.10. The molecule has 0 radical (unpaired) electrons. The molecule has 3 heteroatoms. The lowest BCUT2D eigenvalue weighted by Crippen LogP contribution is -1.93. The molecule has 0 aliphatic rings. The maximum atomic E-state index is 5.10. The summed E-state index contributed by atoms with van der Waals surface area (Å²) in [6.07, 6.45) is 9.79. The van der Waals surface area contributed by atoms with Gasteiger partial charge in [0, 0.05) is 27.5 Å². The van der Waals surface area contributed by atoms with E-state index in [1.165, 1.54) is 27.6 Å². The molecule has 0 aliphatic heterocycles. The Hall–Kier alpha value is -4.60. The Morgan fingerprint density at radius 2 is 1.56 bits per heavy atom. The van der Waals surface area contributed by atoms with Crippen molar-refractivity contribution >= 4 is 55.0 Å². The van der Waals surface area contributed by atoms with E-state index in [9.17, 15) is 0 Å². The fourth-order valence-corrected chi connectivity index (χ4v) is 6.15. The van der Waals surface area contributed by atoms with Gasteiger partial charge in [-0.3, -0.25) is 0 Å². The van der Waals surface area contributed by atoms with E-state index in [2.05, 4.69) is 118 Å². The SMILES string of the molecule is C=C/C=C(\C=C)c1nc2cc(-c3ccc(-c4c5ccccc5nc5c(/C=C\C)c(C)ccc45)cc3)ccc2s1. The zero-order valence-corrected chi connectivity index (χ0v) is 22.9. The van der Waals surface area contributed by atoms with Crippen molar-refractivity contribution in [2.24, 2.45) is 0 Å². The summed E-state index contributed by atoms with van der Waals surface area (Å²) < 4.78 is 1.16. The molecule has 4 aromatic carbocycles. The van der Waals surface area contributed by atoms with Gasteiger partial charge in [-0.1, -0.05) is 104 Å². The Bertz CT molecular complexity index is 1950. The van der Waals surface area contributed by atoms with Crippen molar-refractivity contribution in [1.29, 1.82) is 0 Å². The first-order valence-electron chi connectivity index (χ1n) is 13.0. The number of benzene rings is 4. The minimum atomic E-state index is 0.955. The molecule has 0 saturated heterocycles. The van der Waals surface area contributed by atoms with Crippen LogP contribution in [0.15, 0.2) is 116 Å². The fraction of sp³-hybridized carbons (Fsp3) is 0.0556. The number of thiazole rings is 1. The third-order valence-electron chi connectivity index (χ3n) is 7.10. The molecule has 0 spiro atoms. The van der Waals surface area contributed by atoms with Crippen LogP contribution in [0.25, 0.3) is 65.9 Å². The van der Waals surface area contributed by atoms with Crippen LogP contribution in [0.3, 0.4) is 0 Å². The van der Waals surface area contributed by atoms with E-state index in [-0.39, 0.29) is 0 Å². The highest BCUT2D eigenvalue weighted by molar-refractivity contribution is 7.19. The summed E-state index contributed by atoms with van der Waals surface area (Å²) >= 11 is 1.67. The van der Waals surface area contributed by atoms with Gasteiger partial charge in [-0.2, -0.15) is 0 Å². The van der Waals surface area contributed by atoms with Gasteiger partial charge in [0.1, 0.15) is 5.01 Å². The number of rotatable bonds is 6. The van der Waals surface area contributed by atoms with E-state index in [1.807, 2.05) is 12.2 Å². The minimum absolute atomic E-state index is 0.955. The zero-order chi connectivity index (χ0) is 26.9. The lowest BCUT2D eigenvalue weighted by molar-refractivity contribution is 1.42. The lowest BCUT2D eigenvalue weighted by atomic mass is 9.92. The van der Waals surface area contributed by atoms with Gasteiger partial charge in [-0.15, -0.1) is 11.3 Å². The normalized spacial score (nSPS) is 12.1. The quantitative estimate of drug-likeness (QED) is 0.161. The molecule has 0 fully saturated rings. The van der Waals surface area contributed by atoms with Gasteiger partial charge >= 0.3 is 0 Å². The van der Waals surface area contributed by atoms with Crippen molar-refractivity contribution in [1.82, 2.24) is 9.97 Å².